The molecule has 0 unspecified atom stereocenters. The van der Waals surface area contributed by atoms with Crippen LogP contribution in [0.4, 0.5) is 4.39 Å². The highest BCUT2D eigenvalue weighted by Crippen LogP contribution is 2.32. The van der Waals surface area contributed by atoms with Crippen LogP contribution in [0.25, 0.3) is 0 Å². The first-order valence-electron chi connectivity index (χ1n) is 5.90. The summed E-state index contributed by atoms with van der Waals surface area (Å²) in [5, 5.41) is 3.36. The lowest BCUT2D eigenvalue weighted by Gasteiger charge is -2.14. The van der Waals surface area contributed by atoms with Crippen molar-refractivity contribution < 1.29 is 4.39 Å². The van der Waals surface area contributed by atoms with Crippen molar-refractivity contribution in [2.45, 2.75) is 38.1 Å². The fourth-order valence-corrected chi connectivity index (χ4v) is 2.86. The second-order valence-corrected chi connectivity index (χ2v) is 4.61. The van der Waals surface area contributed by atoms with Gasteiger partial charge in [-0.1, -0.05) is 12.1 Å². The first-order valence-corrected chi connectivity index (χ1v) is 5.90. The molecule has 1 N–H and O–H groups in total. The van der Waals surface area contributed by atoms with Gasteiger partial charge < -0.3 is 5.32 Å². The largest absolute Gasteiger partial charge is 0.310 e. The molecule has 1 fully saturated rings. The molecule has 0 spiro atoms. The highest BCUT2D eigenvalue weighted by atomic mass is 19.1. The second-order valence-electron chi connectivity index (χ2n) is 4.61. The highest BCUT2D eigenvalue weighted by molar-refractivity contribution is 5.38. The van der Waals surface area contributed by atoms with E-state index in [9.17, 15) is 4.39 Å². The smallest absolute Gasteiger partial charge is 0.131 e. The standard InChI is InChI=1S/C13H16FN/c14-13-10-4-1-3-9(10)6-7-11(13)12-5-2-8-15-12/h6-7,12,15H,1-5,8H2/t12-/m1/s1. The first-order chi connectivity index (χ1) is 7.36. The van der Waals surface area contributed by atoms with E-state index in [1.54, 1.807) is 0 Å². The summed E-state index contributed by atoms with van der Waals surface area (Å²) < 4.78 is 14.2. The fourth-order valence-electron chi connectivity index (χ4n) is 2.86. The molecule has 0 aromatic heterocycles. The molecule has 3 rings (SSSR count). The molecule has 0 saturated carbocycles. The van der Waals surface area contributed by atoms with Crippen LogP contribution in [-0.4, -0.2) is 6.54 Å². The Hall–Kier alpha value is -0.890. The molecule has 2 heteroatoms. The minimum atomic E-state index is 0.0735. The van der Waals surface area contributed by atoms with Gasteiger partial charge in [0.25, 0.3) is 0 Å². The average molecular weight is 205 g/mol. The summed E-state index contributed by atoms with van der Waals surface area (Å²) in [7, 11) is 0. The van der Waals surface area contributed by atoms with Crippen LogP contribution in [-0.2, 0) is 12.8 Å². The molecule has 80 valence electrons. The van der Waals surface area contributed by atoms with Crippen LogP contribution in [0.5, 0.6) is 0 Å². The number of benzene rings is 1. The Kier molecular flexibility index (Phi) is 2.24. The van der Waals surface area contributed by atoms with Gasteiger partial charge >= 0.3 is 0 Å². The number of nitrogens with one attached hydrogen (secondary N) is 1. The molecular formula is C13H16FN. The predicted octanol–water partition coefficient (Wildman–Crippen LogP) is 2.74. The maximum atomic E-state index is 14.2. The van der Waals surface area contributed by atoms with Crippen molar-refractivity contribution in [1.29, 1.82) is 0 Å². The highest BCUT2D eigenvalue weighted by Gasteiger charge is 2.24. The number of aryl methyl sites for hydroxylation is 1. The van der Waals surface area contributed by atoms with Crippen LogP contribution in [0, 0.1) is 5.82 Å². The zero-order valence-corrected chi connectivity index (χ0v) is 8.85. The summed E-state index contributed by atoms with van der Waals surface area (Å²) in [4.78, 5) is 0. The van der Waals surface area contributed by atoms with Crippen molar-refractivity contribution in [3.05, 3.63) is 34.6 Å². The van der Waals surface area contributed by atoms with Gasteiger partial charge in [0.1, 0.15) is 5.82 Å². The molecule has 0 bridgehead atoms. The molecule has 1 aromatic carbocycles. The third-order valence-electron chi connectivity index (χ3n) is 3.68. The number of hydrogen-bond acceptors (Lipinski definition) is 1. The van der Waals surface area contributed by atoms with E-state index in [0.29, 0.717) is 0 Å². The normalized spacial score (nSPS) is 24.5. The molecule has 1 saturated heterocycles. The number of fused-ring (bicyclic) bond motifs is 1. The van der Waals surface area contributed by atoms with E-state index in [-0.39, 0.29) is 11.9 Å². The average Bonchev–Trinajstić information content (AvgIpc) is 2.87. The van der Waals surface area contributed by atoms with Crippen molar-refractivity contribution in [3.63, 3.8) is 0 Å². The van der Waals surface area contributed by atoms with Gasteiger partial charge in [-0.25, -0.2) is 4.39 Å². The monoisotopic (exact) mass is 205 g/mol. The van der Waals surface area contributed by atoms with E-state index in [4.69, 9.17) is 0 Å². The van der Waals surface area contributed by atoms with Crippen LogP contribution in [0.1, 0.15) is 42.0 Å². The van der Waals surface area contributed by atoms with E-state index < -0.39 is 0 Å². The van der Waals surface area contributed by atoms with Crippen LogP contribution < -0.4 is 5.32 Å². The van der Waals surface area contributed by atoms with Gasteiger partial charge in [-0.2, -0.15) is 0 Å². The van der Waals surface area contributed by atoms with Gasteiger partial charge in [-0.05, 0) is 49.8 Å². The zero-order chi connectivity index (χ0) is 10.3. The maximum Gasteiger partial charge on any atom is 0.131 e. The van der Waals surface area contributed by atoms with E-state index in [2.05, 4.69) is 11.4 Å². The van der Waals surface area contributed by atoms with Crippen LogP contribution >= 0.6 is 0 Å². The van der Waals surface area contributed by atoms with Gasteiger partial charge in [0.05, 0.1) is 0 Å². The van der Waals surface area contributed by atoms with E-state index in [0.717, 1.165) is 43.4 Å². The molecule has 1 aromatic rings. The minimum Gasteiger partial charge on any atom is -0.310 e. The molecule has 1 heterocycles. The van der Waals surface area contributed by atoms with Crippen LogP contribution in [0.3, 0.4) is 0 Å². The Labute approximate surface area is 89.7 Å². The maximum absolute atomic E-state index is 14.2. The van der Waals surface area contributed by atoms with E-state index in [1.165, 1.54) is 12.0 Å². The van der Waals surface area contributed by atoms with Gasteiger partial charge in [-0.15, -0.1) is 0 Å². The topological polar surface area (TPSA) is 12.0 Å². The summed E-state index contributed by atoms with van der Waals surface area (Å²) in [5.74, 6) is 0.0735. The summed E-state index contributed by atoms with van der Waals surface area (Å²) in [5.41, 5.74) is 3.11. The van der Waals surface area contributed by atoms with Gasteiger partial charge in [0.15, 0.2) is 0 Å². The number of hydrogen-bond donors (Lipinski definition) is 1. The lowest BCUT2D eigenvalue weighted by molar-refractivity contribution is 0.549. The molecule has 1 aliphatic carbocycles. The Balaban J connectivity index is 2.01. The van der Waals surface area contributed by atoms with E-state index >= 15 is 0 Å². The zero-order valence-electron chi connectivity index (χ0n) is 8.85. The van der Waals surface area contributed by atoms with Crippen molar-refractivity contribution in [3.8, 4) is 0 Å². The molecule has 2 aliphatic rings. The summed E-state index contributed by atoms with van der Waals surface area (Å²) in [6, 6.07) is 4.37. The second kappa shape index (κ2) is 3.60. The molecule has 15 heavy (non-hydrogen) atoms. The first kappa shape index (κ1) is 9.34. The Morgan fingerprint density at radius 1 is 1.20 bits per heavy atom. The third-order valence-corrected chi connectivity index (χ3v) is 3.68. The molecule has 0 radical (unpaired) electrons. The molecule has 1 aliphatic heterocycles. The van der Waals surface area contributed by atoms with Crippen LogP contribution in [0.2, 0.25) is 0 Å². The predicted molar refractivity (Wildman–Crippen MR) is 58.4 cm³/mol. The van der Waals surface area contributed by atoms with Crippen molar-refractivity contribution in [2.24, 2.45) is 0 Å². The third kappa shape index (κ3) is 1.48. The Bertz CT molecular complexity index is 380. The number of rotatable bonds is 1. The molecule has 0 amide bonds. The summed E-state index contributed by atoms with van der Waals surface area (Å²) in [6.07, 6.45) is 5.36. The molecule has 1 atom stereocenters. The number of halogens is 1. The van der Waals surface area contributed by atoms with Crippen molar-refractivity contribution in [2.75, 3.05) is 6.54 Å². The van der Waals surface area contributed by atoms with Crippen molar-refractivity contribution in [1.82, 2.24) is 5.32 Å². The van der Waals surface area contributed by atoms with Gasteiger partial charge in [0.2, 0.25) is 0 Å². The molecular weight excluding hydrogens is 189 g/mol. The lowest BCUT2D eigenvalue weighted by Crippen LogP contribution is -2.15. The van der Waals surface area contributed by atoms with E-state index in [1.807, 2.05) is 6.07 Å². The van der Waals surface area contributed by atoms with Crippen LogP contribution in [0.15, 0.2) is 12.1 Å². The Morgan fingerprint density at radius 2 is 2.13 bits per heavy atom. The van der Waals surface area contributed by atoms with Gasteiger partial charge in [-0.3, -0.25) is 0 Å². The quantitative estimate of drug-likeness (QED) is 0.743. The lowest BCUT2D eigenvalue weighted by atomic mass is 9.99. The van der Waals surface area contributed by atoms with Crippen molar-refractivity contribution >= 4 is 0 Å². The fraction of sp³-hybridized carbons (Fsp3) is 0.538. The summed E-state index contributed by atoms with van der Waals surface area (Å²) in [6.45, 7) is 1.03. The summed E-state index contributed by atoms with van der Waals surface area (Å²) >= 11 is 0. The Morgan fingerprint density at radius 3 is 2.93 bits per heavy atom. The molecule has 1 nitrogen and oxygen atoms in total. The SMILES string of the molecule is Fc1c([C@H]2CCCN2)ccc2c1CCC2. The minimum absolute atomic E-state index is 0.0735. The van der Waals surface area contributed by atoms with Gasteiger partial charge in [0, 0.05) is 11.6 Å².